The standard InChI is InChI=1S/C18H23FN2O/c19-16-10-13(11-20)7-8-14(16)12-21-9-3-5-17(21)15-4-1-2-6-18(15)22/h7-8,10,15,17-18,22H,1-6,9,12H2/t15-,17+,18-/m0/s1. The van der Waals surface area contributed by atoms with E-state index in [0.29, 0.717) is 29.6 Å². The molecule has 1 aromatic rings. The first-order valence-corrected chi connectivity index (χ1v) is 8.29. The van der Waals surface area contributed by atoms with Gasteiger partial charge in [-0.05, 0) is 44.4 Å². The van der Waals surface area contributed by atoms with Crippen LogP contribution in [0.3, 0.4) is 0 Å². The van der Waals surface area contributed by atoms with Gasteiger partial charge in [0.05, 0.1) is 17.7 Å². The summed E-state index contributed by atoms with van der Waals surface area (Å²) in [6.07, 6.45) is 6.31. The molecule has 3 atom stereocenters. The fourth-order valence-electron chi connectivity index (χ4n) is 4.09. The SMILES string of the molecule is N#Cc1ccc(CN2CCC[C@@H]2[C@@H]2CCCC[C@@H]2O)c(F)c1. The molecule has 1 aromatic carbocycles. The van der Waals surface area contributed by atoms with Gasteiger partial charge >= 0.3 is 0 Å². The molecule has 2 fully saturated rings. The van der Waals surface area contributed by atoms with Gasteiger partial charge in [-0.25, -0.2) is 4.39 Å². The Hall–Kier alpha value is -1.44. The average Bonchev–Trinajstić information content (AvgIpc) is 2.98. The topological polar surface area (TPSA) is 47.3 Å². The van der Waals surface area contributed by atoms with Gasteiger partial charge in [-0.15, -0.1) is 0 Å². The van der Waals surface area contributed by atoms with Crippen molar-refractivity contribution >= 4 is 0 Å². The van der Waals surface area contributed by atoms with E-state index < -0.39 is 0 Å². The minimum atomic E-state index is -0.297. The van der Waals surface area contributed by atoms with Crippen LogP contribution in [0, 0.1) is 23.1 Å². The summed E-state index contributed by atoms with van der Waals surface area (Å²) in [6, 6.07) is 7.05. The number of hydrogen-bond donors (Lipinski definition) is 1. The summed E-state index contributed by atoms with van der Waals surface area (Å²) >= 11 is 0. The summed E-state index contributed by atoms with van der Waals surface area (Å²) in [7, 11) is 0. The number of likely N-dealkylation sites (tertiary alicyclic amines) is 1. The summed E-state index contributed by atoms with van der Waals surface area (Å²) in [6.45, 7) is 1.54. The fraction of sp³-hybridized carbons (Fsp3) is 0.611. The molecule has 0 aromatic heterocycles. The summed E-state index contributed by atoms with van der Waals surface area (Å²) < 4.78 is 14.1. The van der Waals surface area contributed by atoms with Crippen LogP contribution in [0.25, 0.3) is 0 Å². The zero-order valence-corrected chi connectivity index (χ0v) is 12.8. The van der Waals surface area contributed by atoms with Crippen LogP contribution in [0.4, 0.5) is 4.39 Å². The lowest BCUT2D eigenvalue weighted by atomic mass is 9.80. The van der Waals surface area contributed by atoms with Crippen LogP contribution < -0.4 is 0 Å². The van der Waals surface area contributed by atoms with E-state index >= 15 is 0 Å². The quantitative estimate of drug-likeness (QED) is 0.932. The number of rotatable bonds is 3. The fourth-order valence-corrected chi connectivity index (χ4v) is 4.09. The number of benzene rings is 1. The number of aliphatic hydroxyl groups is 1. The molecule has 2 aliphatic rings. The third-order valence-corrected chi connectivity index (χ3v) is 5.25. The molecule has 3 rings (SSSR count). The van der Waals surface area contributed by atoms with E-state index in [1.807, 2.05) is 6.07 Å². The predicted molar refractivity (Wildman–Crippen MR) is 82.5 cm³/mol. The molecule has 1 aliphatic carbocycles. The van der Waals surface area contributed by atoms with Crippen molar-refractivity contribution in [1.29, 1.82) is 5.26 Å². The number of hydrogen-bond acceptors (Lipinski definition) is 3. The number of aliphatic hydroxyl groups excluding tert-OH is 1. The van der Waals surface area contributed by atoms with Gasteiger partial charge < -0.3 is 5.11 Å². The molecule has 1 heterocycles. The maximum Gasteiger partial charge on any atom is 0.129 e. The van der Waals surface area contributed by atoms with Gasteiger partial charge in [0.15, 0.2) is 0 Å². The highest BCUT2D eigenvalue weighted by Crippen LogP contribution is 2.35. The Kier molecular flexibility index (Phi) is 4.75. The first-order valence-electron chi connectivity index (χ1n) is 8.29. The van der Waals surface area contributed by atoms with Gasteiger partial charge in [-0.3, -0.25) is 4.90 Å². The highest BCUT2D eigenvalue weighted by Gasteiger charge is 2.36. The molecule has 0 spiro atoms. The summed E-state index contributed by atoms with van der Waals surface area (Å²) in [5, 5.41) is 19.1. The van der Waals surface area contributed by atoms with Crippen LogP contribution >= 0.6 is 0 Å². The second kappa shape index (κ2) is 6.76. The molecule has 4 heteroatoms. The normalized spacial score (nSPS) is 29.4. The lowest BCUT2D eigenvalue weighted by molar-refractivity contribution is 0.0199. The van der Waals surface area contributed by atoms with Crippen LogP contribution in [0.2, 0.25) is 0 Å². The largest absolute Gasteiger partial charge is 0.393 e. The molecule has 0 bridgehead atoms. The van der Waals surface area contributed by atoms with E-state index in [1.54, 1.807) is 12.1 Å². The van der Waals surface area contributed by atoms with Crippen LogP contribution in [0.1, 0.15) is 49.7 Å². The molecule has 1 saturated heterocycles. The van der Waals surface area contributed by atoms with E-state index in [4.69, 9.17) is 5.26 Å². The smallest absolute Gasteiger partial charge is 0.129 e. The molecule has 3 nitrogen and oxygen atoms in total. The Balaban J connectivity index is 1.72. The van der Waals surface area contributed by atoms with E-state index in [2.05, 4.69) is 4.90 Å². The molecule has 118 valence electrons. The van der Waals surface area contributed by atoms with Crippen molar-refractivity contribution in [2.45, 2.75) is 57.2 Å². The molecule has 1 N–H and O–H groups in total. The lowest BCUT2D eigenvalue weighted by Crippen LogP contribution is -2.42. The summed E-state index contributed by atoms with van der Waals surface area (Å²) in [5.41, 5.74) is 1.01. The van der Waals surface area contributed by atoms with Crippen molar-refractivity contribution in [2.75, 3.05) is 6.54 Å². The molecule has 0 radical (unpaired) electrons. The van der Waals surface area contributed by atoms with Gasteiger partial charge in [0.1, 0.15) is 5.82 Å². The molecular weight excluding hydrogens is 279 g/mol. The molecular formula is C18H23FN2O. The summed E-state index contributed by atoms with van der Waals surface area (Å²) in [5.74, 6) is 0.0339. The minimum absolute atomic E-state index is 0.204. The second-order valence-corrected chi connectivity index (χ2v) is 6.61. The number of nitrogens with zero attached hydrogens (tertiary/aromatic N) is 2. The van der Waals surface area contributed by atoms with Crippen LogP contribution in [-0.2, 0) is 6.54 Å². The Bertz CT molecular complexity index is 569. The molecule has 1 aliphatic heterocycles. The highest BCUT2D eigenvalue weighted by molar-refractivity contribution is 5.32. The van der Waals surface area contributed by atoms with Crippen molar-refractivity contribution in [3.8, 4) is 6.07 Å². The van der Waals surface area contributed by atoms with Crippen molar-refractivity contribution in [2.24, 2.45) is 5.92 Å². The van der Waals surface area contributed by atoms with E-state index in [9.17, 15) is 9.50 Å². The van der Waals surface area contributed by atoms with Crippen LogP contribution in [0.15, 0.2) is 18.2 Å². The van der Waals surface area contributed by atoms with Gasteiger partial charge in [0.2, 0.25) is 0 Å². The van der Waals surface area contributed by atoms with Crippen molar-refractivity contribution < 1.29 is 9.50 Å². The van der Waals surface area contributed by atoms with E-state index in [0.717, 1.165) is 38.6 Å². The third-order valence-electron chi connectivity index (χ3n) is 5.25. The Morgan fingerprint density at radius 3 is 2.77 bits per heavy atom. The minimum Gasteiger partial charge on any atom is -0.393 e. The van der Waals surface area contributed by atoms with Crippen molar-refractivity contribution in [3.63, 3.8) is 0 Å². The Labute approximate surface area is 131 Å². The molecule has 0 unspecified atom stereocenters. The Morgan fingerprint density at radius 2 is 2.05 bits per heavy atom. The number of halogens is 1. The average molecular weight is 302 g/mol. The van der Waals surface area contributed by atoms with Gasteiger partial charge in [-0.2, -0.15) is 5.26 Å². The monoisotopic (exact) mass is 302 g/mol. The van der Waals surface area contributed by atoms with E-state index in [-0.39, 0.29) is 11.9 Å². The zero-order chi connectivity index (χ0) is 15.5. The maximum absolute atomic E-state index is 14.1. The highest BCUT2D eigenvalue weighted by atomic mass is 19.1. The van der Waals surface area contributed by atoms with Crippen molar-refractivity contribution in [3.05, 3.63) is 35.1 Å². The first kappa shape index (κ1) is 15.5. The second-order valence-electron chi connectivity index (χ2n) is 6.61. The van der Waals surface area contributed by atoms with E-state index in [1.165, 1.54) is 12.5 Å². The van der Waals surface area contributed by atoms with Crippen LogP contribution in [0.5, 0.6) is 0 Å². The maximum atomic E-state index is 14.1. The molecule has 1 saturated carbocycles. The van der Waals surface area contributed by atoms with Gasteiger partial charge in [-0.1, -0.05) is 18.9 Å². The van der Waals surface area contributed by atoms with Crippen molar-refractivity contribution in [1.82, 2.24) is 4.90 Å². The zero-order valence-electron chi connectivity index (χ0n) is 12.8. The summed E-state index contributed by atoms with van der Waals surface area (Å²) in [4.78, 5) is 2.32. The first-order chi connectivity index (χ1) is 10.7. The van der Waals surface area contributed by atoms with Crippen LogP contribution in [-0.4, -0.2) is 28.7 Å². The lowest BCUT2D eigenvalue weighted by Gasteiger charge is -2.37. The Morgan fingerprint density at radius 1 is 1.23 bits per heavy atom. The predicted octanol–water partition coefficient (Wildman–Crippen LogP) is 3.21. The number of nitriles is 1. The third kappa shape index (κ3) is 3.16. The molecule has 0 amide bonds. The molecule has 22 heavy (non-hydrogen) atoms. The van der Waals surface area contributed by atoms with Gasteiger partial charge in [0.25, 0.3) is 0 Å². The van der Waals surface area contributed by atoms with Gasteiger partial charge in [0, 0.05) is 24.1 Å².